The number of nitrogens with two attached hydrogens (primary N) is 1. The number of hydrazine groups is 1. The van der Waals surface area contributed by atoms with Gasteiger partial charge in [0.1, 0.15) is 0 Å². The molecule has 1 rings (SSSR count). The molecule has 0 bridgehead atoms. The van der Waals surface area contributed by atoms with E-state index >= 15 is 0 Å². The quantitative estimate of drug-likeness (QED) is 0.610. The predicted molar refractivity (Wildman–Crippen MR) is 70.3 cm³/mol. The zero-order valence-electron chi connectivity index (χ0n) is 10.3. The lowest BCUT2D eigenvalue weighted by Gasteiger charge is -2.19. The summed E-state index contributed by atoms with van der Waals surface area (Å²) in [6.45, 7) is 6.46. The number of hydrogen-bond acceptors (Lipinski definition) is 2. The summed E-state index contributed by atoms with van der Waals surface area (Å²) in [5, 5.41) is 0.798. The molecule has 0 spiro atoms. The van der Waals surface area contributed by atoms with Crippen LogP contribution in [0.15, 0.2) is 18.2 Å². The molecule has 0 heterocycles. The van der Waals surface area contributed by atoms with Gasteiger partial charge in [0.25, 0.3) is 0 Å². The van der Waals surface area contributed by atoms with Crippen LogP contribution in [0.4, 0.5) is 0 Å². The van der Waals surface area contributed by atoms with E-state index in [0.717, 1.165) is 23.4 Å². The Labute approximate surface area is 103 Å². The van der Waals surface area contributed by atoms with Gasteiger partial charge in [-0.2, -0.15) is 0 Å². The first-order chi connectivity index (χ1) is 7.54. The fourth-order valence-corrected chi connectivity index (χ4v) is 2.11. The topological polar surface area (TPSA) is 38.0 Å². The maximum atomic E-state index is 6.22. The van der Waals surface area contributed by atoms with Crippen molar-refractivity contribution in [2.24, 2.45) is 11.8 Å². The normalized spacial score (nSPS) is 13.1. The second-order valence-electron chi connectivity index (χ2n) is 4.72. The molecule has 2 nitrogen and oxygen atoms in total. The Kier molecular flexibility index (Phi) is 5.26. The number of benzene rings is 1. The summed E-state index contributed by atoms with van der Waals surface area (Å²) in [5.74, 6) is 6.27. The van der Waals surface area contributed by atoms with Crippen LogP contribution < -0.4 is 11.3 Å². The Morgan fingerprint density at radius 1 is 1.31 bits per heavy atom. The van der Waals surface area contributed by atoms with Crippen LogP contribution in [0.5, 0.6) is 0 Å². The van der Waals surface area contributed by atoms with Gasteiger partial charge in [0, 0.05) is 11.1 Å². The highest BCUT2D eigenvalue weighted by Crippen LogP contribution is 2.27. The Balaban J connectivity index is 2.78. The van der Waals surface area contributed by atoms with Crippen molar-refractivity contribution >= 4 is 11.6 Å². The lowest BCUT2D eigenvalue weighted by molar-refractivity contribution is 0.448. The van der Waals surface area contributed by atoms with Crippen LogP contribution in [0, 0.1) is 12.8 Å². The Morgan fingerprint density at radius 3 is 2.50 bits per heavy atom. The zero-order chi connectivity index (χ0) is 12.1. The van der Waals surface area contributed by atoms with E-state index in [1.807, 2.05) is 13.0 Å². The fraction of sp³-hybridized carbons (Fsp3) is 0.538. The van der Waals surface area contributed by atoms with E-state index in [1.54, 1.807) is 0 Å². The molecular weight excluding hydrogens is 220 g/mol. The average Bonchev–Trinajstić information content (AvgIpc) is 2.21. The Morgan fingerprint density at radius 2 is 2.00 bits per heavy atom. The van der Waals surface area contributed by atoms with Crippen molar-refractivity contribution in [2.45, 2.75) is 39.7 Å². The van der Waals surface area contributed by atoms with E-state index in [2.05, 4.69) is 31.4 Å². The second-order valence-corrected chi connectivity index (χ2v) is 5.12. The van der Waals surface area contributed by atoms with E-state index < -0.39 is 0 Å². The lowest BCUT2D eigenvalue weighted by Crippen LogP contribution is -2.28. The van der Waals surface area contributed by atoms with Gasteiger partial charge in [-0.15, -0.1) is 0 Å². The number of aryl methyl sites for hydroxylation is 1. The minimum absolute atomic E-state index is 0.149. The summed E-state index contributed by atoms with van der Waals surface area (Å²) < 4.78 is 0. The lowest BCUT2D eigenvalue weighted by atomic mass is 9.97. The molecule has 0 aliphatic carbocycles. The van der Waals surface area contributed by atoms with Gasteiger partial charge in [-0.3, -0.25) is 11.3 Å². The second kappa shape index (κ2) is 6.24. The van der Waals surface area contributed by atoms with Crippen LogP contribution in [-0.4, -0.2) is 0 Å². The summed E-state index contributed by atoms with van der Waals surface area (Å²) >= 11 is 6.22. The van der Waals surface area contributed by atoms with Gasteiger partial charge in [0.05, 0.1) is 0 Å². The van der Waals surface area contributed by atoms with Crippen molar-refractivity contribution in [1.82, 2.24) is 5.43 Å². The Bertz CT molecular complexity index is 337. The molecule has 16 heavy (non-hydrogen) atoms. The fourth-order valence-electron chi connectivity index (χ4n) is 1.74. The van der Waals surface area contributed by atoms with Gasteiger partial charge >= 0.3 is 0 Å². The molecular formula is C13H21ClN2. The van der Waals surface area contributed by atoms with E-state index in [4.69, 9.17) is 17.4 Å². The molecule has 0 saturated heterocycles. The van der Waals surface area contributed by atoms with E-state index in [1.165, 1.54) is 5.56 Å². The number of hydrogen-bond donors (Lipinski definition) is 2. The maximum Gasteiger partial charge on any atom is 0.0474 e. The molecule has 0 amide bonds. The van der Waals surface area contributed by atoms with Crippen molar-refractivity contribution in [3.63, 3.8) is 0 Å². The van der Waals surface area contributed by atoms with Gasteiger partial charge in [-0.05, 0) is 42.9 Å². The van der Waals surface area contributed by atoms with Gasteiger partial charge < -0.3 is 0 Å². The molecule has 1 aromatic rings. The molecule has 90 valence electrons. The van der Waals surface area contributed by atoms with Crippen LogP contribution in [0.1, 0.15) is 43.9 Å². The summed E-state index contributed by atoms with van der Waals surface area (Å²) in [6.07, 6.45) is 2.15. The highest BCUT2D eigenvalue weighted by molar-refractivity contribution is 6.31. The van der Waals surface area contributed by atoms with Gasteiger partial charge in [0.2, 0.25) is 0 Å². The van der Waals surface area contributed by atoms with Crippen molar-refractivity contribution < 1.29 is 0 Å². The summed E-state index contributed by atoms with van der Waals surface area (Å²) in [4.78, 5) is 0. The predicted octanol–water partition coefficient (Wildman–Crippen LogP) is 3.59. The molecule has 3 heteroatoms. The van der Waals surface area contributed by atoms with E-state index in [-0.39, 0.29) is 6.04 Å². The van der Waals surface area contributed by atoms with Crippen molar-refractivity contribution in [2.75, 3.05) is 0 Å². The Hall–Kier alpha value is -0.570. The highest BCUT2D eigenvalue weighted by atomic mass is 35.5. The standard InChI is InChI=1S/C13H21ClN2/c1-9(2)4-7-13(16-15)11-6-5-10(3)8-12(11)14/h5-6,8-9,13,16H,4,7,15H2,1-3H3. The minimum atomic E-state index is 0.149. The third kappa shape index (κ3) is 3.78. The largest absolute Gasteiger partial charge is 0.271 e. The van der Waals surface area contributed by atoms with Crippen LogP contribution in [0.2, 0.25) is 5.02 Å². The highest BCUT2D eigenvalue weighted by Gasteiger charge is 2.13. The van der Waals surface area contributed by atoms with Gasteiger partial charge in [0.15, 0.2) is 0 Å². The molecule has 0 aliphatic rings. The first-order valence-corrected chi connectivity index (χ1v) is 6.14. The molecule has 1 unspecified atom stereocenters. The zero-order valence-corrected chi connectivity index (χ0v) is 11.0. The van der Waals surface area contributed by atoms with E-state index in [9.17, 15) is 0 Å². The van der Waals surface area contributed by atoms with Crippen molar-refractivity contribution in [3.05, 3.63) is 34.3 Å². The van der Waals surface area contributed by atoms with E-state index in [0.29, 0.717) is 5.92 Å². The number of halogens is 1. The van der Waals surface area contributed by atoms with Crippen LogP contribution in [-0.2, 0) is 0 Å². The molecule has 3 N–H and O–H groups in total. The summed E-state index contributed by atoms with van der Waals surface area (Å²) in [5.41, 5.74) is 5.12. The van der Waals surface area contributed by atoms with Crippen LogP contribution in [0.25, 0.3) is 0 Å². The first kappa shape index (κ1) is 13.5. The van der Waals surface area contributed by atoms with Gasteiger partial charge in [-0.25, -0.2) is 0 Å². The van der Waals surface area contributed by atoms with Crippen molar-refractivity contribution in [3.8, 4) is 0 Å². The summed E-state index contributed by atoms with van der Waals surface area (Å²) in [7, 11) is 0. The molecule has 0 aliphatic heterocycles. The third-order valence-electron chi connectivity index (χ3n) is 2.77. The SMILES string of the molecule is Cc1ccc(C(CCC(C)C)NN)c(Cl)c1. The summed E-state index contributed by atoms with van der Waals surface area (Å²) in [6, 6.07) is 6.26. The van der Waals surface area contributed by atoms with Gasteiger partial charge in [-0.1, -0.05) is 37.6 Å². The minimum Gasteiger partial charge on any atom is -0.271 e. The third-order valence-corrected chi connectivity index (χ3v) is 3.09. The van der Waals surface area contributed by atoms with Crippen molar-refractivity contribution in [1.29, 1.82) is 0 Å². The molecule has 0 fully saturated rings. The molecule has 1 atom stereocenters. The molecule has 0 saturated carbocycles. The monoisotopic (exact) mass is 240 g/mol. The number of nitrogens with one attached hydrogen (secondary N) is 1. The smallest absolute Gasteiger partial charge is 0.0474 e. The maximum absolute atomic E-state index is 6.22. The average molecular weight is 241 g/mol. The van der Waals surface area contributed by atoms with Crippen LogP contribution in [0.3, 0.4) is 0 Å². The molecule has 0 radical (unpaired) electrons. The molecule has 0 aromatic heterocycles. The first-order valence-electron chi connectivity index (χ1n) is 5.76. The van der Waals surface area contributed by atoms with Crippen LogP contribution >= 0.6 is 11.6 Å². The number of rotatable bonds is 5. The molecule has 1 aromatic carbocycles.